The summed E-state index contributed by atoms with van der Waals surface area (Å²) in [5.41, 5.74) is 0.752. The van der Waals surface area contributed by atoms with Crippen LogP contribution in [-0.2, 0) is 0 Å². The van der Waals surface area contributed by atoms with Gasteiger partial charge in [-0.05, 0) is 0 Å². The average Bonchev–Trinajstić information content (AvgIpc) is 2.19. The van der Waals surface area contributed by atoms with Crippen molar-refractivity contribution in [2.45, 2.75) is 0 Å². The Morgan fingerprint density at radius 2 is 1.50 bits per heavy atom. The Morgan fingerprint density at radius 1 is 0.929 bits per heavy atom. The van der Waals surface area contributed by atoms with Crippen LogP contribution < -0.4 is 0 Å². The van der Waals surface area contributed by atoms with E-state index in [1.807, 2.05) is 18.2 Å². The molecule has 0 aliphatic rings. The fourth-order valence-corrected chi connectivity index (χ4v) is 1.19. The molecule has 0 spiro atoms. The third kappa shape index (κ3) is 3.50. The van der Waals surface area contributed by atoms with Crippen LogP contribution in [0, 0.1) is 0 Å². The van der Waals surface area contributed by atoms with E-state index in [9.17, 15) is 0 Å². The van der Waals surface area contributed by atoms with Gasteiger partial charge in [-0.1, -0.05) is 76.7 Å². The largest absolute Gasteiger partial charge is 0.221 e. The van der Waals surface area contributed by atoms with E-state index < -0.39 is 0 Å². The Bertz CT molecular complexity index is 366. The lowest BCUT2D eigenvalue weighted by molar-refractivity contribution is 1.51. The van der Waals surface area contributed by atoms with Crippen LogP contribution in [0.1, 0.15) is 5.56 Å². The van der Waals surface area contributed by atoms with Crippen molar-refractivity contribution < 1.29 is 0 Å². The molecule has 74 valence electrons. The molecule has 0 N–H and O–H groups in total. The Morgan fingerprint density at radius 3 is 2.00 bits per heavy atom. The van der Waals surface area contributed by atoms with Crippen molar-refractivity contribution in [3.63, 3.8) is 0 Å². The Hall–Kier alpha value is -0.210. The Labute approximate surface area is 102 Å². The molecule has 14 heavy (non-hydrogen) atoms. The fourth-order valence-electron chi connectivity index (χ4n) is 0.769. The topological polar surface area (TPSA) is 12.4 Å². The first-order valence-electron chi connectivity index (χ1n) is 3.61. The summed E-state index contributed by atoms with van der Waals surface area (Å²) in [5, 5.41) is 0.219. The van der Waals surface area contributed by atoms with Crippen LogP contribution in [-0.4, -0.2) is 5.17 Å². The monoisotopic (exact) mass is 267 g/mol. The molecule has 0 heterocycles. The minimum Gasteiger partial charge on any atom is -0.221 e. The van der Waals surface area contributed by atoms with Gasteiger partial charge in [-0.25, -0.2) is 4.99 Å². The van der Waals surface area contributed by atoms with Crippen molar-refractivity contribution in [1.29, 1.82) is 0 Å². The van der Waals surface area contributed by atoms with E-state index in [2.05, 4.69) is 4.99 Å². The lowest BCUT2D eigenvalue weighted by Crippen LogP contribution is -1.89. The molecule has 5 heteroatoms. The highest BCUT2D eigenvalue weighted by atomic mass is 35.5. The van der Waals surface area contributed by atoms with Gasteiger partial charge in [0.25, 0.3) is 0 Å². The van der Waals surface area contributed by atoms with Crippen molar-refractivity contribution in [3.8, 4) is 0 Å². The standard InChI is InChI=1S/C9H5Cl4N/c10-7(11)9(13)14-8(12)6-4-2-1-3-5-6/h1-5H/b14-8-. The van der Waals surface area contributed by atoms with Crippen LogP contribution >= 0.6 is 46.4 Å². The number of benzene rings is 1. The summed E-state index contributed by atoms with van der Waals surface area (Å²) in [6.45, 7) is 0. The maximum absolute atomic E-state index is 5.86. The summed E-state index contributed by atoms with van der Waals surface area (Å²) in [6, 6.07) is 9.16. The van der Waals surface area contributed by atoms with E-state index in [1.165, 1.54) is 0 Å². The number of halogens is 4. The first-order chi connectivity index (χ1) is 6.61. The third-order valence-corrected chi connectivity index (χ3v) is 2.49. The Kier molecular flexibility index (Phi) is 4.76. The highest BCUT2D eigenvalue weighted by molar-refractivity contribution is 6.70. The zero-order chi connectivity index (χ0) is 10.6. The van der Waals surface area contributed by atoms with E-state index in [4.69, 9.17) is 46.4 Å². The maximum atomic E-state index is 5.86. The molecule has 1 aromatic carbocycles. The van der Waals surface area contributed by atoms with Gasteiger partial charge in [0.05, 0.1) is 0 Å². The lowest BCUT2D eigenvalue weighted by atomic mass is 10.2. The number of hydrogen-bond donors (Lipinski definition) is 0. The summed E-state index contributed by atoms with van der Waals surface area (Å²) < 4.78 is -0.110. The van der Waals surface area contributed by atoms with Crippen LogP contribution in [0.25, 0.3) is 0 Å². The van der Waals surface area contributed by atoms with Crippen molar-refractivity contribution in [3.05, 3.63) is 45.5 Å². The predicted molar refractivity (Wildman–Crippen MR) is 63.4 cm³/mol. The molecule has 0 radical (unpaired) electrons. The average molecular weight is 269 g/mol. The molecule has 0 amide bonds. The van der Waals surface area contributed by atoms with Crippen LogP contribution in [0.4, 0.5) is 0 Å². The molecular formula is C9H5Cl4N. The molecule has 0 aromatic heterocycles. The summed E-state index contributed by atoms with van der Waals surface area (Å²) in [4.78, 5) is 3.81. The molecule has 1 aromatic rings. The van der Waals surface area contributed by atoms with Gasteiger partial charge in [0.1, 0.15) is 9.66 Å². The van der Waals surface area contributed by atoms with E-state index in [0.717, 1.165) is 5.56 Å². The van der Waals surface area contributed by atoms with Crippen molar-refractivity contribution in [2.75, 3.05) is 0 Å². The van der Waals surface area contributed by atoms with Gasteiger partial charge >= 0.3 is 0 Å². The number of nitrogens with zero attached hydrogens (tertiary/aromatic N) is 1. The van der Waals surface area contributed by atoms with Gasteiger partial charge in [0.2, 0.25) is 0 Å². The molecular weight excluding hydrogens is 264 g/mol. The maximum Gasteiger partial charge on any atom is 0.160 e. The van der Waals surface area contributed by atoms with Crippen molar-refractivity contribution in [1.82, 2.24) is 0 Å². The lowest BCUT2D eigenvalue weighted by Gasteiger charge is -1.97. The van der Waals surface area contributed by atoms with Gasteiger partial charge in [0.15, 0.2) is 5.16 Å². The van der Waals surface area contributed by atoms with Crippen molar-refractivity contribution >= 4 is 51.6 Å². The minimum atomic E-state index is -0.110. The molecule has 0 saturated heterocycles. The van der Waals surface area contributed by atoms with Gasteiger partial charge in [-0.3, -0.25) is 0 Å². The second kappa shape index (κ2) is 5.62. The van der Waals surface area contributed by atoms with Crippen LogP contribution in [0.3, 0.4) is 0 Å². The van der Waals surface area contributed by atoms with E-state index in [-0.39, 0.29) is 14.8 Å². The zero-order valence-electron chi connectivity index (χ0n) is 6.85. The first kappa shape index (κ1) is 11.9. The summed E-state index contributed by atoms with van der Waals surface area (Å²) in [7, 11) is 0. The van der Waals surface area contributed by atoms with Crippen molar-refractivity contribution in [2.24, 2.45) is 4.99 Å². The number of rotatable bonds is 2. The van der Waals surface area contributed by atoms with E-state index in [1.54, 1.807) is 12.1 Å². The molecule has 1 rings (SSSR count). The molecule has 0 saturated carbocycles. The van der Waals surface area contributed by atoms with Gasteiger partial charge < -0.3 is 0 Å². The fraction of sp³-hybridized carbons (Fsp3) is 0. The second-order valence-corrected chi connectivity index (χ2v) is 3.99. The number of aliphatic imine (C=N–C) groups is 1. The SMILES string of the molecule is ClC(Cl)=C(Cl)/N=C(\Cl)c1ccccc1. The highest BCUT2D eigenvalue weighted by Gasteiger charge is 2.01. The van der Waals surface area contributed by atoms with Crippen LogP contribution in [0.5, 0.6) is 0 Å². The molecule has 0 fully saturated rings. The summed E-state index contributed by atoms with van der Waals surface area (Å²) in [5.74, 6) is 0. The summed E-state index contributed by atoms with van der Waals surface area (Å²) in [6.07, 6.45) is 0. The second-order valence-electron chi connectivity index (χ2n) is 2.32. The van der Waals surface area contributed by atoms with Crippen LogP contribution in [0.15, 0.2) is 45.0 Å². The third-order valence-electron chi connectivity index (χ3n) is 1.36. The highest BCUT2D eigenvalue weighted by Crippen LogP contribution is 2.20. The first-order valence-corrected chi connectivity index (χ1v) is 5.13. The minimum absolute atomic E-state index is 0.0258. The Balaban J connectivity index is 2.97. The van der Waals surface area contributed by atoms with E-state index in [0.29, 0.717) is 0 Å². The van der Waals surface area contributed by atoms with Crippen LogP contribution in [0.2, 0.25) is 0 Å². The molecule has 0 aliphatic carbocycles. The predicted octanol–water partition coefficient (Wildman–Crippen LogP) is 4.52. The zero-order valence-corrected chi connectivity index (χ0v) is 9.87. The molecule has 0 aliphatic heterocycles. The summed E-state index contributed by atoms with van der Waals surface area (Å²) >= 11 is 22.3. The van der Waals surface area contributed by atoms with Gasteiger partial charge in [0, 0.05) is 5.56 Å². The quantitative estimate of drug-likeness (QED) is 0.553. The van der Waals surface area contributed by atoms with E-state index >= 15 is 0 Å². The molecule has 0 atom stereocenters. The molecule has 0 bridgehead atoms. The normalized spacial score (nSPS) is 11.3. The van der Waals surface area contributed by atoms with Gasteiger partial charge in [-0.2, -0.15) is 0 Å². The molecule has 1 nitrogen and oxygen atoms in total. The number of hydrogen-bond acceptors (Lipinski definition) is 1. The smallest absolute Gasteiger partial charge is 0.160 e. The molecule has 0 unspecified atom stereocenters. The van der Waals surface area contributed by atoms with Gasteiger partial charge in [-0.15, -0.1) is 0 Å².